The molecule has 0 bridgehead atoms. The standard InChI is InChI=1S/C20H21FN2O4/c1-25-17-9-8-13(12-18(17)26-2)16-10-11-23(22-16)20(24)19(27-3)14-6-4-5-7-15(14)21/h4-9,12,19H,10-11H2,1-3H3. The second-order valence-corrected chi connectivity index (χ2v) is 5.97. The van der Waals surface area contributed by atoms with E-state index in [2.05, 4.69) is 5.10 Å². The number of methoxy groups -OCH3 is 3. The number of ether oxygens (including phenoxy) is 3. The smallest absolute Gasteiger partial charge is 0.276 e. The Kier molecular flexibility index (Phi) is 5.71. The van der Waals surface area contributed by atoms with E-state index < -0.39 is 17.8 Å². The first kappa shape index (κ1) is 18.8. The predicted octanol–water partition coefficient (Wildman–Crippen LogP) is 3.17. The number of hydrazone groups is 1. The average molecular weight is 372 g/mol. The normalized spacial score (nSPS) is 14.7. The van der Waals surface area contributed by atoms with Crippen molar-refractivity contribution in [3.63, 3.8) is 0 Å². The molecular weight excluding hydrogens is 351 g/mol. The summed E-state index contributed by atoms with van der Waals surface area (Å²) in [7, 11) is 4.51. The highest BCUT2D eigenvalue weighted by Gasteiger charge is 2.31. The highest BCUT2D eigenvalue weighted by Crippen LogP contribution is 2.30. The van der Waals surface area contributed by atoms with Crippen LogP contribution in [0.25, 0.3) is 0 Å². The molecule has 0 saturated carbocycles. The first-order valence-electron chi connectivity index (χ1n) is 8.47. The fourth-order valence-corrected chi connectivity index (χ4v) is 3.02. The molecule has 0 spiro atoms. The number of benzene rings is 2. The van der Waals surface area contributed by atoms with Gasteiger partial charge in [0.15, 0.2) is 17.6 Å². The molecule has 1 amide bonds. The number of carbonyl (C=O) groups is 1. The number of hydrogen-bond acceptors (Lipinski definition) is 5. The lowest BCUT2D eigenvalue weighted by Gasteiger charge is -2.20. The highest BCUT2D eigenvalue weighted by atomic mass is 19.1. The van der Waals surface area contributed by atoms with E-state index in [0.29, 0.717) is 24.5 Å². The van der Waals surface area contributed by atoms with Gasteiger partial charge in [0.25, 0.3) is 5.91 Å². The van der Waals surface area contributed by atoms with Gasteiger partial charge in [0.2, 0.25) is 0 Å². The third kappa shape index (κ3) is 3.78. The van der Waals surface area contributed by atoms with Crippen molar-refractivity contribution in [3.05, 3.63) is 59.4 Å². The average Bonchev–Trinajstić information content (AvgIpc) is 3.19. The Balaban J connectivity index is 1.84. The van der Waals surface area contributed by atoms with Crippen molar-refractivity contribution in [2.45, 2.75) is 12.5 Å². The third-order valence-electron chi connectivity index (χ3n) is 4.42. The Morgan fingerprint density at radius 2 is 1.85 bits per heavy atom. The molecule has 1 unspecified atom stereocenters. The fourth-order valence-electron chi connectivity index (χ4n) is 3.02. The first-order chi connectivity index (χ1) is 13.1. The maximum absolute atomic E-state index is 14.1. The Labute approximate surface area is 157 Å². The van der Waals surface area contributed by atoms with E-state index >= 15 is 0 Å². The van der Waals surface area contributed by atoms with E-state index in [0.717, 1.165) is 11.3 Å². The van der Waals surface area contributed by atoms with Gasteiger partial charge in [-0.2, -0.15) is 5.10 Å². The minimum Gasteiger partial charge on any atom is -0.493 e. The summed E-state index contributed by atoms with van der Waals surface area (Å²) in [6.07, 6.45) is -0.464. The van der Waals surface area contributed by atoms with E-state index in [1.165, 1.54) is 24.3 Å². The zero-order chi connectivity index (χ0) is 19.4. The maximum atomic E-state index is 14.1. The number of halogens is 1. The van der Waals surface area contributed by atoms with Crippen LogP contribution < -0.4 is 9.47 Å². The molecule has 27 heavy (non-hydrogen) atoms. The van der Waals surface area contributed by atoms with Crippen molar-refractivity contribution >= 4 is 11.6 Å². The summed E-state index contributed by atoms with van der Waals surface area (Å²) in [4.78, 5) is 12.8. The van der Waals surface area contributed by atoms with Crippen molar-refractivity contribution in [1.29, 1.82) is 0 Å². The number of rotatable bonds is 6. The lowest BCUT2D eigenvalue weighted by Crippen LogP contribution is -2.30. The van der Waals surface area contributed by atoms with Gasteiger partial charge < -0.3 is 14.2 Å². The summed E-state index contributed by atoms with van der Waals surface area (Å²) < 4.78 is 29.9. The molecule has 6 nitrogen and oxygen atoms in total. The Bertz CT molecular complexity index is 869. The summed E-state index contributed by atoms with van der Waals surface area (Å²) in [6, 6.07) is 11.5. The summed E-state index contributed by atoms with van der Waals surface area (Å²) in [5, 5.41) is 5.74. The summed E-state index contributed by atoms with van der Waals surface area (Å²) >= 11 is 0. The monoisotopic (exact) mass is 372 g/mol. The van der Waals surface area contributed by atoms with E-state index in [1.54, 1.807) is 32.4 Å². The highest BCUT2D eigenvalue weighted by molar-refractivity contribution is 6.03. The van der Waals surface area contributed by atoms with Gasteiger partial charge in [0.1, 0.15) is 5.82 Å². The third-order valence-corrected chi connectivity index (χ3v) is 4.42. The quantitative estimate of drug-likeness (QED) is 0.782. The zero-order valence-electron chi connectivity index (χ0n) is 15.4. The van der Waals surface area contributed by atoms with E-state index in [-0.39, 0.29) is 5.56 Å². The predicted molar refractivity (Wildman–Crippen MR) is 98.6 cm³/mol. The molecule has 3 rings (SSSR count). The molecule has 1 atom stereocenters. The van der Waals surface area contributed by atoms with Gasteiger partial charge in [-0.3, -0.25) is 4.79 Å². The van der Waals surface area contributed by atoms with Crippen LogP contribution in [0, 0.1) is 5.82 Å². The Morgan fingerprint density at radius 1 is 1.11 bits per heavy atom. The van der Waals surface area contributed by atoms with Crippen LogP contribution in [0.5, 0.6) is 11.5 Å². The maximum Gasteiger partial charge on any atom is 0.276 e. The number of carbonyl (C=O) groups excluding carboxylic acids is 1. The Morgan fingerprint density at radius 3 is 2.52 bits per heavy atom. The van der Waals surface area contributed by atoms with Gasteiger partial charge in [-0.05, 0) is 24.3 Å². The molecule has 0 saturated heterocycles. The van der Waals surface area contributed by atoms with Gasteiger partial charge in [0, 0.05) is 24.7 Å². The molecule has 0 aromatic heterocycles. The van der Waals surface area contributed by atoms with Crippen LogP contribution in [0.1, 0.15) is 23.7 Å². The molecule has 2 aromatic rings. The van der Waals surface area contributed by atoms with Crippen LogP contribution in [0.3, 0.4) is 0 Å². The molecule has 1 aliphatic heterocycles. The van der Waals surface area contributed by atoms with Crippen molar-refractivity contribution in [2.75, 3.05) is 27.9 Å². The van der Waals surface area contributed by atoms with Gasteiger partial charge in [-0.25, -0.2) is 9.40 Å². The van der Waals surface area contributed by atoms with Gasteiger partial charge in [-0.1, -0.05) is 18.2 Å². The summed E-state index contributed by atoms with van der Waals surface area (Å²) in [5.74, 6) is 0.314. The van der Waals surface area contributed by atoms with E-state index in [1.807, 2.05) is 12.1 Å². The molecular formula is C20H21FN2O4. The van der Waals surface area contributed by atoms with Crippen LogP contribution in [0.15, 0.2) is 47.6 Å². The molecule has 1 heterocycles. The largest absolute Gasteiger partial charge is 0.493 e. The molecule has 0 aliphatic carbocycles. The van der Waals surface area contributed by atoms with Crippen LogP contribution in [0.2, 0.25) is 0 Å². The van der Waals surface area contributed by atoms with Gasteiger partial charge in [0.05, 0.1) is 26.5 Å². The lowest BCUT2D eigenvalue weighted by atomic mass is 10.1. The molecule has 0 fully saturated rings. The van der Waals surface area contributed by atoms with Crippen LogP contribution in [-0.4, -0.2) is 44.5 Å². The number of amides is 1. The summed E-state index contributed by atoms with van der Waals surface area (Å²) in [6.45, 7) is 0.400. The lowest BCUT2D eigenvalue weighted by molar-refractivity contribution is -0.142. The van der Waals surface area contributed by atoms with Crippen LogP contribution >= 0.6 is 0 Å². The molecule has 1 aliphatic rings. The minimum atomic E-state index is -1.04. The van der Waals surface area contributed by atoms with Crippen molar-refractivity contribution in [2.24, 2.45) is 5.10 Å². The van der Waals surface area contributed by atoms with Crippen LogP contribution in [-0.2, 0) is 9.53 Å². The van der Waals surface area contributed by atoms with Crippen molar-refractivity contribution < 1.29 is 23.4 Å². The number of nitrogens with zero attached hydrogens (tertiary/aromatic N) is 2. The number of hydrogen-bond donors (Lipinski definition) is 0. The summed E-state index contributed by atoms with van der Waals surface area (Å²) in [5.41, 5.74) is 1.77. The molecule has 142 valence electrons. The zero-order valence-corrected chi connectivity index (χ0v) is 15.4. The molecule has 0 N–H and O–H groups in total. The SMILES string of the molecule is COc1ccc(C2=NN(C(=O)C(OC)c3ccccc3F)CC2)cc1OC. The van der Waals surface area contributed by atoms with Crippen molar-refractivity contribution in [3.8, 4) is 11.5 Å². The second kappa shape index (κ2) is 8.18. The second-order valence-electron chi connectivity index (χ2n) is 5.97. The molecule has 7 heteroatoms. The van der Waals surface area contributed by atoms with Gasteiger partial charge in [-0.15, -0.1) is 0 Å². The minimum absolute atomic E-state index is 0.194. The Hall–Kier alpha value is -2.93. The molecule has 2 aromatic carbocycles. The fraction of sp³-hybridized carbons (Fsp3) is 0.300. The topological polar surface area (TPSA) is 60.4 Å². The van der Waals surface area contributed by atoms with Gasteiger partial charge >= 0.3 is 0 Å². The first-order valence-corrected chi connectivity index (χ1v) is 8.47. The molecule has 0 radical (unpaired) electrons. The van der Waals surface area contributed by atoms with E-state index in [4.69, 9.17) is 14.2 Å². The van der Waals surface area contributed by atoms with E-state index in [9.17, 15) is 9.18 Å². The van der Waals surface area contributed by atoms with Crippen LogP contribution in [0.4, 0.5) is 4.39 Å². The van der Waals surface area contributed by atoms with Crippen molar-refractivity contribution in [1.82, 2.24) is 5.01 Å².